The summed E-state index contributed by atoms with van der Waals surface area (Å²) >= 11 is 0. The fourth-order valence-electron chi connectivity index (χ4n) is 2.08. The largest absolute Gasteiger partial charge is 0.478 e. The summed E-state index contributed by atoms with van der Waals surface area (Å²) in [5, 5.41) is 22.6. The summed E-state index contributed by atoms with van der Waals surface area (Å²) in [4.78, 5) is 24.8. The van der Waals surface area contributed by atoms with E-state index in [4.69, 9.17) is 9.84 Å². The Morgan fingerprint density at radius 3 is 3.05 bits per heavy atom. The number of carboxylic acids is 1. The minimum atomic E-state index is -1.25. The third-order valence-corrected chi connectivity index (χ3v) is 3.10. The van der Waals surface area contributed by atoms with Crippen molar-refractivity contribution in [3.05, 3.63) is 27.9 Å². The van der Waals surface area contributed by atoms with Crippen LogP contribution in [0.4, 0.5) is 11.5 Å². The van der Waals surface area contributed by atoms with E-state index in [-0.39, 0.29) is 23.2 Å². The molecule has 0 amide bonds. The highest BCUT2D eigenvalue weighted by atomic mass is 16.6. The third kappa shape index (κ3) is 3.41. The second-order valence-corrected chi connectivity index (χ2v) is 4.50. The number of nitro groups is 1. The maximum absolute atomic E-state index is 11.1. The number of aromatic nitrogens is 1. The molecular weight excluding hydrogens is 266 g/mol. The standard InChI is InChI=1S/C12H15N3O5/c16-12(17)10-6-8(15(18)19)7-14-11(10)13-4-3-9-2-1-5-20-9/h6-7,9H,1-5H2,(H,13,14)(H,16,17). The average molecular weight is 281 g/mol. The van der Waals surface area contributed by atoms with Gasteiger partial charge in [0.05, 0.1) is 11.0 Å². The van der Waals surface area contributed by atoms with Crippen LogP contribution in [0.1, 0.15) is 29.6 Å². The molecule has 1 unspecified atom stereocenters. The second-order valence-electron chi connectivity index (χ2n) is 4.50. The number of ether oxygens (including phenoxy) is 1. The number of pyridine rings is 1. The van der Waals surface area contributed by atoms with Crippen molar-refractivity contribution in [2.45, 2.75) is 25.4 Å². The Balaban J connectivity index is 2.02. The maximum Gasteiger partial charge on any atom is 0.339 e. The lowest BCUT2D eigenvalue weighted by atomic mass is 10.2. The first-order chi connectivity index (χ1) is 9.58. The summed E-state index contributed by atoms with van der Waals surface area (Å²) in [5.41, 5.74) is -0.543. The molecule has 0 radical (unpaired) electrons. The molecule has 8 nitrogen and oxygen atoms in total. The van der Waals surface area contributed by atoms with E-state index in [0.29, 0.717) is 6.54 Å². The van der Waals surface area contributed by atoms with Crippen molar-refractivity contribution in [1.29, 1.82) is 0 Å². The lowest BCUT2D eigenvalue weighted by Crippen LogP contribution is -2.15. The molecule has 0 saturated carbocycles. The zero-order chi connectivity index (χ0) is 14.5. The quantitative estimate of drug-likeness (QED) is 0.602. The molecular formula is C12H15N3O5. The molecule has 2 N–H and O–H groups in total. The van der Waals surface area contributed by atoms with Crippen LogP contribution in [0.15, 0.2) is 12.3 Å². The number of aromatic carboxylic acids is 1. The SMILES string of the molecule is O=C(O)c1cc([N+](=O)[O-])cnc1NCCC1CCCO1. The third-order valence-electron chi connectivity index (χ3n) is 3.10. The lowest BCUT2D eigenvalue weighted by Gasteiger charge is -2.11. The van der Waals surface area contributed by atoms with Gasteiger partial charge in [0.1, 0.15) is 17.6 Å². The van der Waals surface area contributed by atoms with Gasteiger partial charge in [-0.2, -0.15) is 0 Å². The minimum Gasteiger partial charge on any atom is -0.478 e. The fourth-order valence-corrected chi connectivity index (χ4v) is 2.08. The molecule has 2 rings (SSSR count). The summed E-state index contributed by atoms with van der Waals surface area (Å²) in [7, 11) is 0. The molecule has 1 aliphatic rings. The Hall–Kier alpha value is -2.22. The molecule has 1 aromatic heterocycles. The first-order valence-electron chi connectivity index (χ1n) is 6.31. The molecule has 0 spiro atoms. The van der Waals surface area contributed by atoms with Gasteiger partial charge in [0.2, 0.25) is 0 Å². The van der Waals surface area contributed by atoms with E-state index in [2.05, 4.69) is 10.3 Å². The molecule has 0 aromatic carbocycles. The second kappa shape index (κ2) is 6.29. The van der Waals surface area contributed by atoms with E-state index >= 15 is 0 Å². The smallest absolute Gasteiger partial charge is 0.339 e. The van der Waals surface area contributed by atoms with Gasteiger partial charge in [0, 0.05) is 19.2 Å². The van der Waals surface area contributed by atoms with Gasteiger partial charge < -0.3 is 15.2 Å². The van der Waals surface area contributed by atoms with Gasteiger partial charge in [-0.1, -0.05) is 0 Å². The van der Waals surface area contributed by atoms with E-state index in [9.17, 15) is 14.9 Å². The lowest BCUT2D eigenvalue weighted by molar-refractivity contribution is -0.385. The fraction of sp³-hybridized carbons (Fsp3) is 0.500. The molecule has 1 atom stereocenters. The first kappa shape index (κ1) is 14.2. The van der Waals surface area contributed by atoms with Crippen molar-refractivity contribution in [3.8, 4) is 0 Å². The van der Waals surface area contributed by atoms with Crippen LogP contribution in [-0.4, -0.2) is 40.2 Å². The molecule has 20 heavy (non-hydrogen) atoms. The minimum absolute atomic E-state index is 0.140. The predicted molar refractivity (Wildman–Crippen MR) is 69.9 cm³/mol. The van der Waals surface area contributed by atoms with Crippen LogP contribution in [0.25, 0.3) is 0 Å². The van der Waals surface area contributed by atoms with Crippen molar-refractivity contribution >= 4 is 17.5 Å². The molecule has 1 fully saturated rings. The summed E-state index contributed by atoms with van der Waals surface area (Å²) in [5.74, 6) is -1.11. The maximum atomic E-state index is 11.1. The number of carbonyl (C=O) groups is 1. The van der Waals surface area contributed by atoms with Crippen molar-refractivity contribution in [2.24, 2.45) is 0 Å². The van der Waals surface area contributed by atoms with E-state index in [0.717, 1.165) is 38.1 Å². The average Bonchev–Trinajstić information content (AvgIpc) is 2.91. The van der Waals surface area contributed by atoms with Gasteiger partial charge in [0.25, 0.3) is 5.69 Å². The summed E-state index contributed by atoms with van der Waals surface area (Å²) < 4.78 is 5.45. The van der Waals surface area contributed by atoms with Crippen molar-refractivity contribution in [1.82, 2.24) is 4.98 Å². The normalized spacial score (nSPS) is 17.9. The highest BCUT2D eigenvalue weighted by molar-refractivity contribution is 5.93. The summed E-state index contributed by atoms with van der Waals surface area (Å²) in [6.07, 6.45) is 4.02. The van der Waals surface area contributed by atoms with Crippen LogP contribution < -0.4 is 5.32 Å². The molecule has 108 valence electrons. The Labute approximate surface area is 114 Å². The molecule has 1 aliphatic heterocycles. The number of hydrogen-bond acceptors (Lipinski definition) is 6. The van der Waals surface area contributed by atoms with E-state index in [1.807, 2.05) is 0 Å². The molecule has 0 bridgehead atoms. The Kier molecular flexibility index (Phi) is 4.46. The van der Waals surface area contributed by atoms with E-state index in [1.54, 1.807) is 0 Å². The molecule has 8 heteroatoms. The van der Waals surface area contributed by atoms with Crippen molar-refractivity contribution < 1.29 is 19.6 Å². The first-order valence-corrected chi connectivity index (χ1v) is 6.31. The number of carboxylic acid groups (broad SMARTS) is 1. The van der Waals surface area contributed by atoms with Crippen LogP contribution >= 0.6 is 0 Å². The number of nitrogens with one attached hydrogen (secondary N) is 1. The number of nitrogens with zero attached hydrogens (tertiary/aromatic N) is 2. The zero-order valence-electron chi connectivity index (χ0n) is 10.7. The van der Waals surface area contributed by atoms with Crippen LogP contribution in [0.3, 0.4) is 0 Å². The Bertz CT molecular complexity index is 514. The number of rotatable bonds is 6. The molecule has 2 heterocycles. The van der Waals surface area contributed by atoms with Gasteiger partial charge in [-0.15, -0.1) is 0 Å². The van der Waals surface area contributed by atoms with Crippen molar-refractivity contribution in [3.63, 3.8) is 0 Å². The highest BCUT2D eigenvalue weighted by Gasteiger charge is 2.18. The Morgan fingerprint density at radius 1 is 1.65 bits per heavy atom. The van der Waals surface area contributed by atoms with Crippen LogP contribution in [-0.2, 0) is 4.74 Å². The zero-order valence-corrected chi connectivity index (χ0v) is 10.7. The van der Waals surface area contributed by atoms with Crippen molar-refractivity contribution in [2.75, 3.05) is 18.5 Å². The molecule has 1 aromatic rings. The monoisotopic (exact) mass is 281 g/mol. The predicted octanol–water partition coefficient (Wildman–Crippen LogP) is 1.67. The van der Waals surface area contributed by atoms with E-state index in [1.165, 1.54) is 0 Å². The van der Waals surface area contributed by atoms with Crippen LogP contribution in [0.5, 0.6) is 0 Å². The van der Waals surface area contributed by atoms with Crippen LogP contribution in [0, 0.1) is 10.1 Å². The number of anilines is 1. The summed E-state index contributed by atoms with van der Waals surface area (Å²) in [6, 6.07) is 1.00. The Morgan fingerprint density at radius 2 is 2.45 bits per heavy atom. The van der Waals surface area contributed by atoms with Crippen LogP contribution in [0.2, 0.25) is 0 Å². The van der Waals surface area contributed by atoms with Gasteiger partial charge in [-0.25, -0.2) is 9.78 Å². The van der Waals surface area contributed by atoms with Gasteiger partial charge in [-0.05, 0) is 19.3 Å². The van der Waals surface area contributed by atoms with Gasteiger partial charge >= 0.3 is 5.97 Å². The van der Waals surface area contributed by atoms with Gasteiger partial charge in [0.15, 0.2) is 0 Å². The van der Waals surface area contributed by atoms with E-state index < -0.39 is 10.9 Å². The highest BCUT2D eigenvalue weighted by Crippen LogP contribution is 2.20. The summed E-state index contributed by atoms with van der Waals surface area (Å²) in [6.45, 7) is 1.27. The molecule has 1 saturated heterocycles. The number of hydrogen-bond donors (Lipinski definition) is 2. The topological polar surface area (TPSA) is 115 Å². The van der Waals surface area contributed by atoms with Gasteiger partial charge in [-0.3, -0.25) is 10.1 Å². The molecule has 0 aliphatic carbocycles.